The Morgan fingerprint density at radius 3 is 2.73 bits per heavy atom. The van der Waals surface area contributed by atoms with Gasteiger partial charge in [-0.25, -0.2) is 9.97 Å². The summed E-state index contributed by atoms with van der Waals surface area (Å²) in [7, 11) is 1.65. The zero-order chi connectivity index (χ0) is 23.2. The van der Waals surface area contributed by atoms with Gasteiger partial charge in [-0.15, -0.1) is 0 Å². The summed E-state index contributed by atoms with van der Waals surface area (Å²) in [4.78, 5) is 28.9. The second-order valence-electron chi connectivity index (χ2n) is 8.41. The van der Waals surface area contributed by atoms with Crippen molar-refractivity contribution in [3.63, 3.8) is 0 Å². The maximum atomic E-state index is 12.9. The number of carbonyl (C=O) groups is 1. The van der Waals surface area contributed by atoms with Crippen molar-refractivity contribution in [1.82, 2.24) is 24.8 Å². The Balaban J connectivity index is 1.50. The van der Waals surface area contributed by atoms with E-state index in [0.29, 0.717) is 18.9 Å². The largest absolute Gasteiger partial charge is 0.497 e. The number of ether oxygens (including phenoxy) is 1. The zero-order valence-electron chi connectivity index (χ0n) is 19.6. The molecule has 1 amide bonds. The summed E-state index contributed by atoms with van der Waals surface area (Å²) in [5, 5.41) is 3.08. The highest BCUT2D eigenvalue weighted by atomic mass is 16.5. The minimum Gasteiger partial charge on any atom is -0.497 e. The molecule has 0 aliphatic carbocycles. The van der Waals surface area contributed by atoms with Crippen LogP contribution in [-0.2, 0) is 17.8 Å². The third-order valence-corrected chi connectivity index (χ3v) is 6.24. The summed E-state index contributed by atoms with van der Waals surface area (Å²) in [6.07, 6.45) is 9.77. The van der Waals surface area contributed by atoms with Crippen LogP contribution < -0.4 is 15.0 Å². The van der Waals surface area contributed by atoms with Gasteiger partial charge in [0.1, 0.15) is 17.9 Å². The van der Waals surface area contributed by atoms with Gasteiger partial charge in [0.15, 0.2) is 0 Å². The summed E-state index contributed by atoms with van der Waals surface area (Å²) in [6.45, 7) is 5.56. The first-order valence-corrected chi connectivity index (χ1v) is 11.6. The van der Waals surface area contributed by atoms with Gasteiger partial charge in [0, 0.05) is 49.2 Å². The molecule has 3 aromatic rings. The van der Waals surface area contributed by atoms with E-state index in [9.17, 15) is 4.79 Å². The van der Waals surface area contributed by atoms with Crippen LogP contribution in [0, 0.1) is 6.92 Å². The quantitative estimate of drug-likeness (QED) is 0.567. The molecule has 3 heterocycles. The second kappa shape index (κ2) is 10.5. The van der Waals surface area contributed by atoms with Crippen molar-refractivity contribution in [2.75, 3.05) is 18.6 Å². The molecule has 0 saturated carbocycles. The van der Waals surface area contributed by atoms with Crippen LogP contribution in [0.25, 0.3) is 5.95 Å². The van der Waals surface area contributed by atoms with Crippen LogP contribution in [0.1, 0.15) is 49.4 Å². The summed E-state index contributed by atoms with van der Waals surface area (Å²) in [5.74, 6) is 2.43. The second-order valence-corrected chi connectivity index (χ2v) is 8.41. The van der Waals surface area contributed by atoms with Crippen LogP contribution in [0.2, 0.25) is 0 Å². The van der Waals surface area contributed by atoms with Gasteiger partial charge in [0.25, 0.3) is 0 Å². The third kappa shape index (κ3) is 5.32. The van der Waals surface area contributed by atoms with Crippen LogP contribution in [0.15, 0.2) is 43.0 Å². The Hall–Kier alpha value is -3.42. The van der Waals surface area contributed by atoms with E-state index in [1.54, 1.807) is 19.6 Å². The van der Waals surface area contributed by atoms with Gasteiger partial charge in [-0.2, -0.15) is 4.98 Å². The smallest absolute Gasteiger partial charge is 0.237 e. The first kappa shape index (κ1) is 22.8. The van der Waals surface area contributed by atoms with E-state index in [1.165, 1.54) is 0 Å². The molecule has 0 bridgehead atoms. The number of anilines is 1. The Bertz CT molecular complexity index is 1070. The highest BCUT2D eigenvalue weighted by Crippen LogP contribution is 2.30. The molecule has 8 nitrogen and oxygen atoms in total. The fourth-order valence-corrected chi connectivity index (χ4v) is 4.43. The van der Waals surface area contributed by atoms with Gasteiger partial charge in [0.05, 0.1) is 7.11 Å². The number of nitrogens with one attached hydrogen (secondary N) is 1. The number of carbonyl (C=O) groups excluding carboxylic acids is 1. The Labute approximate surface area is 195 Å². The number of nitrogens with zero attached hydrogens (tertiary/aromatic N) is 5. The van der Waals surface area contributed by atoms with Crippen molar-refractivity contribution < 1.29 is 9.53 Å². The highest BCUT2D eigenvalue weighted by molar-refractivity contribution is 5.77. The fraction of sp³-hybridized carbons (Fsp3) is 0.440. The summed E-state index contributed by atoms with van der Waals surface area (Å²) in [6, 6.07) is 7.88. The molecule has 1 unspecified atom stereocenters. The summed E-state index contributed by atoms with van der Waals surface area (Å²) >= 11 is 0. The Morgan fingerprint density at radius 1 is 1.21 bits per heavy atom. The Morgan fingerprint density at radius 2 is 2.03 bits per heavy atom. The monoisotopic (exact) mass is 448 g/mol. The SMILES string of the molecule is CCc1c(C)nc(-n2ccnc2)nc1N1CCCCC1CC(=O)NCc1ccc(OC)cc1. The number of imidazole rings is 1. The molecular formula is C25H32N6O2. The normalized spacial score (nSPS) is 16.0. The van der Waals surface area contributed by atoms with Crippen LogP contribution in [0.4, 0.5) is 5.82 Å². The third-order valence-electron chi connectivity index (χ3n) is 6.24. The van der Waals surface area contributed by atoms with E-state index in [2.05, 4.69) is 22.1 Å². The van der Waals surface area contributed by atoms with E-state index < -0.39 is 0 Å². The van der Waals surface area contributed by atoms with Gasteiger partial charge in [-0.1, -0.05) is 19.1 Å². The van der Waals surface area contributed by atoms with Crippen molar-refractivity contribution in [3.05, 3.63) is 59.8 Å². The van der Waals surface area contributed by atoms with Crippen molar-refractivity contribution in [3.8, 4) is 11.7 Å². The molecule has 33 heavy (non-hydrogen) atoms. The predicted molar refractivity (Wildman–Crippen MR) is 128 cm³/mol. The molecule has 1 fully saturated rings. The van der Waals surface area contributed by atoms with Gasteiger partial charge in [0.2, 0.25) is 11.9 Å². The molecule has 1 N–H and O–H groups in total. The van der Waals surface area contributed by atoms with E-state index in [-0.39, 0.29) is 11.9 Å². The van der Waals surface area contributed by atoms with Crippen LogP contribution >= 0.6 is 0 Å². The molecule has 0 spiro atoms. The van der Waals surface area contributed by atoms with E-state index >= 15 is 0 Å². The molecule has 1 aliphatic rings. The van der Waals surface area contributed by atoms with Crippen molar-refractivity contribution in [2.24, 2.45) is 0 Å². The van der Waals surface area contributed by atoms with Gasteiger partial charge < -0.3 is 15.0 Å². The number of aromatic nitrogens is 4. The minimum absolute atomic E-state index is 0.0568. The first-order chi connectivity index (χ1) is 16.1. The minimum atomic E-state index is 0.0568. The van der Waals surface area contributed by atoms with Gasteiger partial charge in [-0.05, 0) is 50.3 Å². The fourth-order valence-electron chi connectivity index (χ4n) is 4.43. The molecule has 1 aromatic carbocycles. The lowest BCUT2D eigenvalue weighted by Gasteiger charge is -2.37. The first-order valence-electron chi connectivity index (χ1n) is 11.6. The molecule has 2 aromatic heterocycles. The summed E-state index contributed by atoms with van der Waals surface area (Å²) < 4.78 is 7.03. The number of aryl methyl sites for hydroxylation is 1. The average Bonchev–Trinajstić information content (AvgIpc) is 3.38. The summed E-state index contributed by atoms with van der Waals surface area (Å²) in [5.41, 5.74) is 3.17. The van der Waals surface area contributed by atoms with E-state index in [1.807, 2.05) is 42.0 Å². The predicted octanol–water partition coefficient (Wildman–Crippen LogP) is 3.61. The molecule has 1 atom stereocenters. The standard InChI is InChI=1S/C25H32N6O2/c1-4-22-18(2)28-25(30-14-12-26-17-30)29-24(22)31-13-6-5-7-20(31)15-23(32)27-16-19-8-10-21(33-3)11-9-19/h8-12,14,17,20H,4-7,13,15-16H2,1-3H3,(H,27,32). The number of amides is 1. The number of rotatable bonds is 8. The maximum absolute atomic E-state index is 12.9. The molecule has 8 heteroatoms. The van der Waals surface area contributed by atoms with Crippen molar-refractivity contribution >= 4 is 11.7 Å². The number of piperidine rings is 1. The van der Waals surface area contributed by atoms with Crippen molar-refractivity contribution in [2.45, 2.75) is 58.5 Å². The molecule has 1 saturated heterocycles. The lowest BCUT2D eigenvalue weighted by atomic mass is 9.97. The molecular weight excluding hydrogens is 416 g/mol. The number of hydrogen-bond acceptors (Lipinski definition) is 6. The zero-order valence-corrected chi connectivity index (χ0v) is 19.6. The van der Waals surface area contributed by atoms with E-state index in [0.717, 1.165) is 60.6 Å². The number of hydrogen-bond donors (Lipinski definition) is 1. The van der Waals surface area contributed by atoms with Crippen LogP contribution in [0.3, 0.4) is 0 Å². The van der Waals surface area contributed by atoms with Crippen LogP contribution in [-0.4, -0.2) is 45.1 Å². The van der Waals surface area contributed by atoms with Gasteiger partial charge >= 0.3 is 0 Å². The molecule has 0 radical (unpaired) electrons. The lowest BCUT2D eigenvalue weighted by molar-refractivity contribution is -0.121. The molecule has 1 aliphatic heterocycles. The van der Waals surface area contributed by atoms with Crippen molar-refractivity contribution in [1.29, 1.82) is 0 Å². The Kier molecular flexibility index (Phi) is 7.22. The van der Waals surface area contributed by atoms with E-state index in [4.69, 9.17) is 14.7 Å². The lowest BCUT2D eigenvalue weighted by Crippen LogP contribution is -2.44. The van der Waals surface area contributed by atoms with Gasteiger partial charge in [-0.3, -0.25) is 9.36 Å². The number of methoxy groups -OCH3 is 1. The van der Waals surface area contributed by atoms with Crippen LogP contribution in [0.5, 0.6) is 5.75 Å². The maximum Gasteiger partial charge on any atom is 0.237 e. The highest BCUT2D eigenvalue weighted by Gasteiger charge is 2.28. The molecule has 4 rings (SSSR count). The topological polar surface area (TPSA) is 85.2 Å². The molecule has 174 valence electrons. The number of benzene rings is 1. The average molecular weight is 449 g/mol.